The van der Waals surface area contributed by atoms with Gasteiger partial charge in [-0.05, 0) is 42.8 Å². The van der Waals surface area contributed by atoms with Crippen molar-refractivity contribution in [2.75, 3.05) is 51.3 Å². The maximum absolute atomic E-state index is 12.2. The Balaban J connectivity index is 1.56. The van der Waals surface area contributed by atoms with Gasteiger partial charge in [0.15, 0.2) is 11.8 Å². The third-order valence-electron chi connectivity index (χ3n) is 5.71. The van der Waals surface area contributed by atoms with Crippen LogP contribution in [0.5, 0.6) is 5.75 Å². The van der Waals surface area contributed by atoms with Gasteiger partial charge in [0, 0.05) is 12.2 Å². The molecule has 31 heavy (non-hydrogen) atoms. The van der Waals surface area contributed by atoms with E-state index in [1.165, 1.54) is 10.6 Å². The number of amides is 2. The Morgan fingerprint density at radius 1 is 1.13 bits per heavy atom. The molecule has 0 spiro atoms. The van der Waals surface area contributed by atoms with Gasteiger partial charge in [-0.1, -0.05) is 13.3 Å². The molecule has 2 aromatic rings. The predicted octanol–water partition coefficient (Wildman–Crippen LogP) is 0.767. The van der Waals surface area contributed by atoms with Crippen LogP contribution in [0.3, 0.4) is 0 Å². The molecule has 1 aliphatic heterocycles. The molecule has 1 aliphatic rings. The summed E-state index contributed by atoms with van der Waals surface area (Å²) >= 11 is 0. The number of piperazine rings is 1. The summed E-state index contributed by atoms with van der Waals surface area (Å²) < 4.78 is 10.9. The SMILES string of the molecule is CCCCNC(=O)C(=O)NC[C@@H](c1ccco1)[NH+]1CCN(c2ccc(OC)cc2)CC1. The number of methoxy groups -OCH3 is 1. The van der Waals surface area contributed by atoms with Gasteiger partial charge in [-0.2, -0.15) is 0 Å². The van der Waals surface area contributed by atoms with Crippen molar-refractivity contribution in [1.29, 1.82) is 0 Å². The number of anilines is 1. The number of hydrogen-bond donors (Lipinski definition) is 3. The fraction of sp³-hybridized carbons (Fsp3) is 0.478. The van der Waals surface area contributed by atoms with E-state index in [9.17, 15) is 9.59 Å². The van der Waals surface area contributed by atoms with Crippen LogP contribution in [0.4, 0.5) is 5.69 Å². The summed E-state index contributed by atoms with van der Waals surface area (Å²) in [6.45, 7) is 6.49. The highest BCUT2D eigenvalue weighted by Gasteiger charge is 2.31. The van der Waals surface area contributed by atoms with Crippen molar-refractivity contribution < 1.29 is 23.6 Å². The summed E-state index contributed by atoms with van der Waals surface area (Å²) in [5.74, 6) is 0.495. The zero-order valence-electron chi connectivity index (χ0n) is 18.4. The third kappa shape index (κ3) is 6.24. The van der Waals surface area contributed by atoms with Crippen molar-refractivity contribution in [3.8, 4) is 5.75 Å². The van der Waals surface area contributed by atoms with Crippen LogP contribution in [0.15, 0.2) is 47.1 Å². The van der Waals surface area contributed by atoms with Crippen molar-refractivity contribution in [1.82, 2.24) is 10.6 Å². The average Bonchev–Trinajstić information content (AvgIpc) is 3.34. The first-order chi connectivity index (χ1) is 15.1. The van der Waals surface area contributed by atoms with E-state index in [0.717, 1.165) is 50.5 Å². The Bertz CT molecular complexity index is 815. The van der Waals surface area contributed by atoms with E-state index in [0.29, 0.717) is 13.1 Å². The van der Waals surface area contributed by atoms with Crippen molar-refractivity contribution >= 4 is 17.5 Å². The van der Waals surface area contributed by atoms with E-state index in [2.05, 4.69) is 27.7 Å². The van der Waals surface area contributed by atoms with Gasteiger partial charge in [0.1, 0.15) is 5.75 Å². The number of nitrogens with one attached hydrogen (secondary N) is 3. The highest BCUT2D eigenvalue weighted by Crippen LogP contribution is 2.19. The molecule has 168 valence electrons. The van der Waals surface area contributed by atoms with E-state index in [4.69, 9.17) is 9.15 Å². The van der Waals surface area contributed by atoms with Crippen LogP contribution in [-0.4, -0.2) is 58.2 Å². The molecule has 0 radical (unpaired) electrons. The number of benzene rings is 1. The number of nitrogens with zero attached hydrogens (tertiary/aromatic N) is 1. The molecule has 8 nitrogen and oxygen atoms in total. The van der Waals surface area contributed by atoms with E-state index >= 15 is 0 Å². The number of carbonyl (C=O) groups is 2. The van der Waals surface area contributed by atoms with Crippen LogP contribution >= 0.6 is 0 Å². The highest BCUT2D eigenvalue weighted by molar-refractivity contribution is 6.35. The summed E-state index contributed by atoms with van der Waals surface area (Å²) in [4.78, 5) is 27.8. The quantitative estimate of drug-likeness (QED) is 0.405. The smallest absolute Gasteiger partial charge is 0.309 e. The van der Waals surface area contributed by atoms with Gasteiger partial charge in [-0.15, -0.1) is 0 Å². The standard InChI is InChI=1S/C23H32N4O4/c1-3-4-11-24-22(28)23(29)25-17-20(21-6-5-16-31-21)27-14-12-26(13-15-27)18-7-9-19(30-2)10-8-18/h5-10,16,20H,3-4,11-15,17H2,1-2H3,(H,24,28)(H,25,29)/p+1/t20-/m0/s1. The lowest BCUT2D eigenvalue weighted by Crippen LogP contribution is -3.15. The second kappa shape index (κ2) is 11.4. The van der Waals surface area contributed by atoms with Gasteiger partial charge in [-0.3, -0.25) is 9.59 Å². The Morgan fingerprint density at radius 2 is 1.84 bits per heavy atom. The van der Waals surface area contributed by atoms with Gasteiger partial charge in [-0.25, -0.2) is 0 Å². The number of hydrogen-bond acceptors (Lipinski definition) is 5. The second-order valence-corrected chi connectivity index (χ2v) is 7.73. The highest BCUT2D eigenvalue weighted by atomic mass is 16.5. The summed E-state index contributed by atoms with van der Waals surface area (Å²) in [6, 6.07) is 11.8. The molecule has 3 N–H and O–H groups in total. The molecule has 0 saturated carbocycles. The number of carbonyl (C=O) groups excluding carboxylic acids is 2. The molecular formula is C23H33N4O4+. The Hall–Kier alpha value is -3.00. The maximum Gasteiger partial charge on any atom is 0.309 e. The van der Waals surface area contributed by atoms with Crippen LogP contribution < -0.4 is 25.2 Å². The molecule has 1 atom stereocenters. The summed E-state index contributed by atoms with van der Waals surface area (Å²) in [7, 11) is 1.67. The van der Waals surface area contributed by atoms with Crippen LogP contribution in [0.2, 0.25) is 0 Å². The van der Waals surface area contributed by atoms with Crippen molar-refractivity contribution in [2.45, 2.75) is 25.8 Å². The Labute approximate surface area is 183 Å². The zero-order valence-corrected chi connectivity index (χ0v) is 18.4. The topological polar surface area (TPSA) is 88.2 Å². The molecule has 8 heteroatoms. The molecule has 0 bridgehead atoms. The first kappa shape index (κ1) is 22.7. The van der Waals surface area contributed by atoms with Gasteiger partial charge in [0.25, 0.3) is 0 Å². The van der Waals surface area contributed by atoms with E-state index in [1.54, 1.807) is 13.4 Å². The van der Waals surface area contributed by atoms with E-state index < -0.39 is 11.8 Å². The molecule has 3 rings (SSSR count). The van der Waals surface area contributed by atoms with Gasteiger partial charge in [0.05, 0.1) is 46.1 Å². The molecular weight excluding hydrogens is 396 g/mol. The van der Waals surface area contributed by atoms with E-state index in [-0.39, 0.29) is 6.04 Å². The first-order valence-corrected chi connectivity index (χ1v) is 11.0. The fourth-order valence-electron chi connectivity index (χ4n) is 3.86. The van der Waals surface area contributed by atoms with Crippen LogP contribution in [0.1, 0.15) is 31.6 Å². The zero-order chi connectivity index (χ0) is 22.1. The molecule has 0 unspecified atom stereocenters. The number of quaternary nitrogens is 1. The van der Waals surface area contributed by atoms with Gasteiger partial charge in [0.2, 0.25) is 0 Å². The molecule has 1 aromatic carbocycles. The lowest BCUT2D eigenvalue weighted by molar-refractivity contribution is -0.932. The lowest BCUT2D eigenvalue weighted by atomic mass is 10.1. The second-order valence-electron chi connectivity index (χ2n) is 7.73. The lowest BCUT2D eigenvalue weighted by Gasteiger charge is -2.37. The monoisotopic (exact) mass is 429 g/mol. The normalized spacial score (nSPS) is 15.4. The van der Waals surface area contributed by atoms with Crippen molar-refractivity contribution in [2.24, 2.45) is 0 Å². The molecule has 2 heterocycles. The number of furan rings is 1. The van der Waals surface area contributed by atoms with Crippen LogP contribution in [0, 0.1) is 0 Å². The Kier molecular flexibility index (Phi) is 8.35. The van der Waals surface area contributed by atoms with Gasteiger partial charge >= 0.3 is 11.8 Å². The largest absolute Gasteiger partial charge is 0.497 e. The molecule has 1 saturated heterocycles. The first-order valence-electron chi connectivity index (χ1n) is 11.0. The fourth-order valence-corrected chi connectivity index (χ4v) is 3.86. The summed E-state index contributed by atoms with van der Waals surface area (Å²) in [6.07, 6.45) is 3.47. The Morgan fingerprint density at radius 3 is 2.45 bits per heavy atom. The maximum atomic E-state index is 12.2. The minimum atomic E-state index is -0.594. The van der Waals surface area contributed by atoms with Crippen molar-refractivity contribution in [3.63, 3.8) is 0 Å². The number of rotatable bonds is 9. The molecule has 1 aromatic heterocycles. The van der Waals surface area contributed by atoms with Gasteiger partial charge < -0.3 is 29.6 Å². The molecule has 2 amide bonds. The average molecular weight is 430 g/mol. The van der Waals surface area contributed by atoms with E-state index in [1.807, 2.05) is 31.2 Å². The molecule has 0 aliphatic carbocycles. The molecule has 1 fully saturated rings. The third-order valence-corrected chi connectivity index (χ3v) is 5.71. The predicted molar refractivity (Wildman–Crippen MR) is 118 cm³/mol. The summed E-state index contributed by atoms with van der Waals surface area (Å²) in [5.41, 5.74) is 1.17. The minimum absolute atomic E-state index is 0.0413. The van der Waals surface area contributed by atoms with Crippen molar-refractivity contribution in [3.05, 3.63) is 48.4 Å². The minimum Gasteiger partial charge on any atom is -0.497 e. The van der Waals surface area contributed by atoms with Crippen LogP contribution in [-0.2, 0) is 9.59 Å². The van der Waals surface area contributed by atoms with Crippen LogP contribution in [0.25, 0.3) is 0 Å². The number of unbranched alkanes of at least 4 members (excludes halogenated alkanes) is 1. The summed E-state index contributed by atoms with van der Waals surface area (Å²) in [5, 5.41) is 5.45. The number of ether oxygens (including phenoxy) is 1.